The average molecular weight is 468 g/mol. The molecule has 0 aliphatic heterocycles. The molecular formula is C24H18ClNO5S. The monoisotopic (exact) mass is 467 g/mol. The van der Waals surface area contributed by atoms with Crippen molar-refractivity contribution in [2.45, 2.75) is 0 Å². The van der Waals surface area contributed by atoms with E-state index in [0.717, 1.165) is 15.8 Å². The van der Waals surface area contributed by atoms with E-state index in [4.69, 9.17) is 25.8 Å². The number of esters is 1. The number of fused-ring (bicyclic) bond motifs is 1. The van der Waals surface area contributed by atoms with E-state index in [2.05, 4.69) is 5.32 Å². The second-order valence-electron chi connectivity index (χ2n) is 6.67. The summed E-state index contributed by atoms with van der Waals surface area (Å²) in [4.78, 5) is 24.9. The summed E-state index contributed by atoms with van der Waals surface area (Å²) in [5, 5.41) is 3.70. The van der Waals surface area contributed by atoms with Crippen LogP contribution in [0.2, 0.25) is 5.02 Å². The zero-order valence-electron chi connectivity index (χ0n) is 17.0. The van der Waals surface area contributed by atoms with Gasteiger partial charge in [-0.15, -0.1) is 11.3 Å². The lowest BCUT2D eigenvalue weighted by Crippen LogP contribution is -2.20. The van der Waals surface area contributed by atoms with E-state index in [-0.39, 0.29) is 4.88 Å². The van der Waals surface area contributed by atoms with Crippen LogP contribution in [0.5, 0.6) is 17.2 Å². The summed E-state index contributed by atoms with van der Waals surface area (Å²) < 4.78 is 16.9. The van der Waals surface area contributed by atoms with E-state index in [1.165, 1.54) is 11.3 Å². The minimum Gasteiger partial charge on any atom is -0.497 e. The maximum Gasteiger partial charge on any atom is 0.350 e. The minimum absolute atomic E-state index is 0.241. The van der Waals surface area contributed by atoms with Crippen LogP contribution in [0.4, 0.5) is 5.69 Å². The number of thiophene rings is 1. The molecule has 4 aromatic rings. The van der Waals surface area contributed by atoms with Gasteiger partial charge in [-0.25, -0.2) is 4.79 Å². The molecule has 0 atom stereocenters. The molecule has 0 radical (unpaired) electrons. The lowest BCUT2D eigenvalue weighted by Gasteiger charge is -2.08. The van der Waals surface area contributed by atoms with Gasteiger partial charge >= 0.3 is 5.97 Å². The lowest BCUT2D eigenvalue weighted by molar-refractivity contribution is -0.119. The molecule has 0 fully saturated rings. The summed E-state index contributed by atoms with van der Waals surface area (Å²) in [7, 11) is 1.56. The zero-order chi connectivity index (χ0) is 22.5. The highest BCUT2D eigenvalue weighted by Crippen LogP contribution is 2.37. The second kappa shape index (κ2) is 9.72. The number of anilines is 1. The molecule has 8 heteroatoms. The van der Waals surface area contributed by atoms with Crippen LogP contribution in [0.25, 0.3) is 10.1 Å². The van der Waals surface area contributed by atoms with Crippen molar-refractivity contribution in [1.29, 1.82) is 0 Å². The number of amides is 1. The Hall–Kier alpha value is -3.55. The molecule has 1 heterocycles. The fraction of sp³-hybridized carbons (Fsp3) is 0.0833. The Morgan fingerprint density at radius 2 is 1.62 bits per heavy atom. The number of para-hydroxylation sites is 1. The number of methoxy groups -OCH3 is 1. The first kappa shape index (κ1) is 21.7. The quantitative estimate of drug-likeness (QED) is 0.330. The van der Waals surface area contributed by atoms with Crippen molar-refractivity contribution < 1.29 is 23.8 Å². The number of carbonyl (C=O) groups excluding carboxylic acids is 2. The molecule has 3 aromatic carbocycles. The van der Waals surface area contributed by atoms with Crippen LogP contribution < -0.4 is 14.8 Å². The molecule has 32 heavy (non-hydrogen) atoms. The number of hydrogen-bond acceptors (Lipinski definition) is 6. The van der Waals surface area contributed by atoms with Crippen molar-refractivity contribution >= 4 is 50.6 Å². The summed E-state index contributed by atoms with van der Waals surface area (Å²) in [6, 6.07) is 21.6. The molecule has 1 aromatic heterocycles. The van der Waals surface area contributed by atoms with E-state index in [9.17, 15) is 9.59 Å². The predicted octanol–water partition coefficient (Wildman–Crippen LogP) is 6.15. The fourth-order valence-electron chi connectivity index (χ4n) is 2.93. The van der Waals surface area contributed by atoms with Crippen molar-refractivity contribution in [3.8, 4) is 17.2 Å². The molecule has 0 spiro atoms. The highest BCUT2D eigenvalue weighted by molar-refractivity contribution is 7.21. The van der Waals surface area contributed by atoms with Crippen LogP contribution >= 0.6 is 22.9 Å². The first-order valence-electron chi connectivity index (χ1n) is 9.59. The van der Waals surface area contributed by atoms with E-state index in [0.29, 0.717) is 22.2 Å². The van der Waals surface area contributed by atoms with Gasteiger partial charge in [-0.05, 0) is 54.6 Å². The van der Waals surface area contributed by atoms with Gasteiger partial charge in [-0.1, -0.05) is 29.8 Å². The van der Waals surface area contributed by atoms with Crippen molar-refractivity contribution in [1.82, 2.24) is 0 Å². The Balaban J connectivity index is 1.33. The van der Waals surface area contributed by atoms with Crippen LogP contribution in [0.3, 0.4) is 0 Å². The summed E-state index contributed by atoms with van der Waals surface area (Å²) in [5.41, 5.74) is 0.554. The fourth-order valence-corrected chi connectivity index (χ4v) is 4.36. The zero-order valence-corrected chi connectivity index (χ0v) is 18.5. The van der Waals surface area contributed by atoms with Crippen molar-refractivity contribution in [2.75, 3.05) is 19.0 Å². The maximum atomic E-state index is 12.4. The summed E-state index contributed by atoms with van der Waals surface area (Å²) in [6.07, 6.45) is 0. The van der Waals surface area contributed by atoms with Gasteiger partial charge in [-0.2, -0.15) is 0 Å². The van der Waals surface area contributed by atoms with Gasteiger partial charge in [0.05, 0.1) is 12.1 Å². The van der Waals surface area contributed by atoms with Gasteiger partial charge in [0.2, 0.25) is 0 Å². The summed E-state index contributed by atoms with van der Waals surface area (Å²) in [6.45, 7) is -0.436. The minimum atomic E-state index is -0.656. The Labute approximate surface area is 193 Å². The normalized spacial score (nSPS) is 10.6. The number of halogens is 1. The number of hydrogen-bond donors (Lipinski definition) is 1. The third kappa shape index (κ3) is 5.01. The summed E-state index contributed by atoms with van der Waals surface area (Å²) in [5.74, 6) is 0.895. The lowest BCUT2D eigenvalue weighted by atomic mass is 10.2. The van der Waals surface area contributed by atoms with E-state index in [1.807, 2.05) is 30.3 Å². The molecule has 0 unspecified atom stereocenters. The Kier molecular flexibility index (Phi) is 6.58. The Morgan fingerprint density at radius 3 is 2.34 bits per heavy atom. The topological polar surface area (TPSA) is 73.9 Å². The molecule has 0 saturated heterocycles. The van der Waals surface area contributed by atoms with Gasteiger partial charge in [0.25, 0.3) is 5.91 Å². The molecule has 0 aliphatic rings. The average Bonchev–Trinajstić information content (AvgIpc) is 3.15. The smallest absolute Gasteiger partial charge is 0.350 e. The largest absolute Gasteiger partial charge is 0.497 e. The van der Waals surface area contributed by atoms with Crippen LogP contribution in [-0.2, 0) is 9.53 Å². The van der Waals surface area contributed by atoms with Gasteiger partial charge < -0.3 is 19.5 Å². The number of nitrogens with one attached hydrogen (secondary N) is 1. The number of carbonyl (C=O) groups is 2. The standard InChI is InChI=1S/C24H18ClNO5S/c1-29-18-11-12-19-20(13-18)32-23(22(19)25)24(28)30-14-21(27)26-15-7-9-17(10-8-15)31-16-5-3-2-4-6-16/h2-13H,14H2,1H3,(H,26,27). The Morgan fingerprint density at radius 1 is 0.938 bits per heavy atom. The van der Waals surface area contributed by atoms with Gasteiger partial charge in [0.15, 0.2) is 6.61 Å². The molecule has 0 bridgehead atoms. The summed E-state index contributed by atoms with van der Waals surface area (Å²) >= 11 is 7.51. The molecule has 162 valence electrons. The molecule has 4 rings (SSSR count). The van der Waals surface area contributed by atoms with E-state index < -0.39 is 18.5 Å². The highest BCUT2D eigenvalue weighted by atomic mass is 35.5. The molecular weight excluding hydrogens is 450 g/mol. The Bertz CT molecular complexity index is 1250. The second-order valence-corrected chi connectivity index (χ2v) is 8.10. The first-order valence-corrected chi connectivity index (χ1v) is 10.8. The van der Waals surface area contributed by atoms with Crippen LogP contribution in [0.1, 0.15) is 9.67 Å². The van der Waals surface area contributed by atoms with Crippen molar-refractivity contribution in [3.05, 3.63) is 82.7 Å². The number of rotatable bonds is 7. The first-order chi connectivity index (χ1) is 15.5. The van der Waals surface area contributed by atoms with Crippen LogP contribution in [0, 0.1) is 0 Å². The van der Waals surface area contributed by atoms with E-state index >= 15 is 0 Å². The van der Waals surface area contributed by atoms with Crippen molar-refractivity contribution in [3.63, 3.8) is 0 Å². The predicted molar refractivity (Wildman–Crippen MR) is 125 cm³/mol. The van der Waals surface area contributed by atoms with E-state index in [1.54, 1.807) is 49.6 Å². The third-order valence-corrected chi connectivity index (χ3v) is 6.11. The number of benzene rings is 3. The number of ether oxygens (including phenoxy) is 3. The molecule has 0 aliphatic carbocycles. The SMILES string of the molecule is COc1ccc2c(Cl)c(C(=O)OCC(=O)Nc3ccc(Oc4ccccc4)cc3)sc2c1. The van der Waals surface area contributed by atoms with Gasteiger partial charge in [-0.3, -0.25) is 4.79 Å². The van der Waals surface area contributed by atoms with Gasteiger partial charge in [0.1, 0.15) is 22.1 Å². The van der Waals surface area contributed by atoms with Crippen molar-refractivity contribution in [2.24, 2.45) is 0 Å². The van der Waals surface area contributed by atoms with Crippen LogP contribution in [0.15, 0.2) is 72.8 Å². The highest BCUT2D eigenvalue weighted by Gasteiger charge is 2.20. The molecule has 1 N–H and O–H groups in total. The molecule has 0 saturated carbocycles. The third-order valence-electron chi connectivity index (χ3n) is 4.47. The molecule has 6 nitrogen and oxygen atoms in total. The maximum absolute atomic E-state index is 12.4. The van der Waals surface area contributed by atoms with Crippen LogP contribution in [-0.4, -0.2) is 25.6 Å². The molecule has 1 amide bonds. The van der Waals surface area contributed by atoms with Gasteiger partial charge in [0, 0.05) is 15.8 Å².